The molecule has 96 valence electrons. The number of fused-ring (bicyclic) bond motifs is 1. The van der Waals surface area contributed by atoms with Gasteiger partial charge in [0.25, 0.3) is 0 Å². The molecule has 0 unspecified atom stereocenters. The van der Waals surface area contributed by atoms with Crippen LogP contribution < -0.4 is 4.74 Å². The van der Waals surface area contributed by atoms with Gasteiger partial charge in [0.2, 0.25) is 0 Å². The number of rotatable bonds is 2. The monoisotopic (exact) mass is 293 g/mol. The molecule has 0 atom stereocenters. The van der Waals surface area contributed by atoms with Crippen molar-refractivity contribution in [3.63, 3.8) is 0 Å². The number of imidazole rings is 1. The molecule has 0 aliphatic carbocycles. The molecule has 6 heteroatoms. The molecule has 4 nitrogen and oxygen atoms in total. The summed E-state index contributed by atoms with van der Waals surface area (Å²) in [4.78, 5) is 8.31. The van der Waals surface area contributed by atoms with Gasteiger partial charge in [-0.2, -0.15) is 0 Å². The average molecular weight is 294 g/mol. The minimum absolute atomic E-state index is 0.400. The lowest BCUT2D eigenvalue weighted by Gasteiger charge is -2.10. The van der Waals surface area contributed by atoms with E-state index in [1.54, 1.807) is 31.8 Å². The van der Waals surface area contributed by atoms with Crippen LogP contribution in [0.15, 0.2) is 36.9 Å². The van der Waals surface area contributed by atoms with Gasteiger partial charge in [0, 0.05) is 23.8 Å². The highest BCUT2D eigenvalue weighted by Gasteiger charge is 2.11. The molecule has 0 fully saturated rings. The maximum absolute atomic E-state index is 6.11. The Morgan fingerprint density at radius 2 is 2.05 bits per heavy atom. The van der Waals surface area contributed by atoms with Crippen molar-refractivity contribution in [2.75, 3.05) is 7.11 Å². The van der Waals surface area contributed by atoms with Gasteiger partial charge in [-0.25, -0.2) is 9.97 Å². The van der Waals surface area contributed by atoms with E-state index >= 15 is 0 Å². The van der Waals surface area contributed by atoms with Gasteiger partial charge in [0.1, 0.15) is 10.9 Å². The lowest BCUT2D eigenvalue weighted by molar-refractivity contribution is 0.415. The first kappa shape index (κ1) is 12.3. The number of hydrogen-bond donors (Lipinski definition) is 0. The molecule has 3 aromatic rings. The van der Waals surface area contributed by atoms with E-state index in [4.69, 9.17) is 27.9 Å². The van der Waals surface area contributed by atoms with Crippen molar-refractivity contribution >= 4 is 34.1 Å². The standard InChI is InChI=1S/C13H9Cl2N3O/c1-19-12-4-8-10(5-9(12)14)17-13(15)6-11(8)18-3-2-16-7-18/h2-7H,1H3. The molecule has 0 aliphatic heterocycles. The van der Waals surface area contributed by atoms with Crippen molar-refractivity contribution in [3.05, 3.63) is 47.1 Å². The Morgan fingerprint density at radius 1 is 1.21 bits per heavy atom. The lowest BCUT2D eigenvalue weighted by atomic mass is 10.1. The van der Waals surface area contributed by atoms with E-state index in [9.17, 15) is 0 Å². The number of ether oxygens (including phenoxy) is 1. The molecule has 0 bridgehead atoms. The van der Waals surface area contributed by atoms with Gasteiger partial charge in [-0.05, 0) is 12.1 Å². The van der Waals surface area contributed by atoms with Crippen molar-refractivity contribution in [1.29, 1.82) is 0 Å². The third-order valence-corrected chi connectivity index (χ3v) is 3.30. The predicted octanol–water partition coefficient (Wildman–Crippen LogP) is 3.74. The van der Waals surface area contributed by atoms with Gasteiger partial charge >= 0.3 is 0 Å². The fourth-order valence-electron chi connectivity index (χ4n) is 1.95. The zero-order valence-electron chi connectivity index (χ0n) is 9.97. The lowest BCUT2D eigenvalue weighted by Crippen LogP contribution is -1.95. The Balaban J connectivity index is 2.37. The molecule has 1 aromatic carbocycles. The van der Waals surface area contributed by atoms with Crippen LogP contribution >= 0.6 is 23.2 Å². The number of nitrogens with zero attached hydrogens (tertiary/aromatic N) is 3. The normalized spacial score (nSPS) is 10.9. The van der Waals surface area contributed by atoms with Crippen molar-refractivity contribution in [1.82, 2.24) is 14.5 Å². The average Bonchev–Trinajstić information content (AvgIpc) is 2.90. The first-order valence-corrected chi connectivity index (χ1v) is 6.27. The summed E-state index contributed by atoms with van der Waals surface area (Å²) in [7, 11) is 1.58. The third kappa shape index (κ3) is 2.13. The van der Waals surface area contributed by atoms with E-state index in [1.165, 1.54) is 0 Å². The quantitative estimate of drug-likeness (QED) is 0.676. The number of hydrogen-bond acceptors (Lipinski definition) is 3. The number of benzene rings is 1. The van der Waals surface area contributed by atoms with Gasteiger partial charge in [-0.15, -0.1) is 0 Å². The van der Waals surface area contributed by atoms with E-state index in [0.29, 0.717) is 21.4 Å². The maximum atomic E-state index is 6.11. The topological polar surface area (TPSA) is 39.9 Å². The second kappa shape index (κ2) is 4.72. The zero-order chi connectivity index (χ0) is 13.4. The van der Waals surface area contributed by atoms with Crippen molar-refractivity contribution in [2.24, 2.45) is 0 Å². The molecule has 3 rings (SSSR count). The Kier molecular flexibility index (Phi) is 3.05. The van der Waals surface area contributed by atoms with Crippen molar-refractivity contribution in [3.8, 4) is 11.4 Å². The van der Waals surface area contributed by atoms with Crippen LogP contribution in [0.5, 0.6) is 5.75 Å². The Labute approximate surface area is 119 Å². The Hall–Kier alpha value is -1.78. The van der Waals surface area contributed by atoms with Crippen LogP contribution in [-0.2, 0) is 0 Å². The van der Waals surface area contributed by atoms with Gasteiger partial charge < -0.3 is 9.30 Å². The molecule has 0 spiro atoms. The van der Waals surface area contributed by atoms with Gasteiger partial charge in [-0.3, -0.25) is 0 Å². The van der Waals surface area contributed by atoms with E-state index in [0.717, 1.165) is 11.1 Å². The molecule has 0 amide bonds. The van der Waals surface area contributed by atoms with Crippen LogP contribution in [0, 0.1) is 0 Å². The summed E-state index contributed by atoms with van der Waals surface area (Å²) in [6.45, 7) is 0. The number of halogens is 2. The second-order valence-corrected chi connectivity index (χ2v) is 4.73. The van der Waals surface area contributed by atoms with E-state index < -0.39 is 0 Å². The largest absolute Gasteiger partial charge is 0.495 e. The highest BCUT2D eigenvalue weighted by Crippen LogP contribution is 2.33. The highest BCUT2D eigenvalue weighted by atomic mass is 35.5. The van der Waals surface area contributed by atoms with E-state index in [1.807, 2.05) is 16.8 Å². The van der Waals surface area contributed by atoms with Crippen molar-refractivity contribution < 1.29 is 4.74 Å². The first-order valence-electron chi connectivity index (χ1n) is 5.51. The van der Waals surface area contributed by atoms with E-state index in [-0.39, 0.29) is 0 Å². The van der Waals surface area contributed by atoms with Crippen LogP contribution in [0.3, 0.4) is 0 Å². The van der Waals surface area contributed by atoms with E-state index in [2.05, 4.69) is 9.97 Å². The van der Waals surface area contributed by atoms with Crippen LogP contribution in [0.4, 0.5) is 0 Å². The molecule has 0 N–H and O–H groups in total. The summed E-state index contributed by atoms with van der Waals surface area (Å²) in [6, 6.07) is 5.36. The summed E-state index contributed by atoms with van der Waals surface area (Å²) >= 11 is 12.2. The minimum atomic E-state index is 0.400. The number of pyridine rings is 1. The molecule has 0 saturated heterocycles. The third-order valence-electron chi connectivity index (χ3n) is 2.81. The molecule has 0 aliphatic rings. The summed E-state index contributed by atoms with van der Waals surface area (Å²) in [5.41, 5.74) is 1.59. The molecule has 2 aromatic heterocycles. The van der Waals surface area contributed by atoms with Crippen LogP contribution in [0.1, 0.15) is 0 Å². The molecule has 0 saturated carbocycles. The summed E-state index contributed by atoms with van der Waals surface area (Å²) in [6.07, 6.45) is 5.24. The Bertz CT molecular complexity index is 741. The SMILES string of the molecule is COc1cc2c(-n3ccnc3)cc(Cl)nc2cc1Cl. The number of aromatic nitrogens is 3. The minimum Gasteiger partial charge on any atom is -0.495 e. The van der Waals surface area contributed by atoms with Gasteiger partial charge in [0.05, 0.1) is 29.7 Å². The summed E-state index contributed by atoms with van der Waals surface area (Å²) in [5.74, 6) is 0.597. The first-order chi connectivity index (χ1) is 9.19. The fraction of sp³-hybridized carbons (Fsp3) is 0.0769. The molecule has 2 heterocycles. The second-order valence-electron chi connectivity index (χ2n) is 3.94. The zero-order valence-corrected chi connectivity index (χ0v) is 11.5. The maximum Gasteiger partial charge on any atom is 0.138 e. The number of methoxy groups -OCH3 is 1. The highest BCUT2D eigenvalue weighted by molar-refractivity contribution is 6.33. The molecular formula is C13H9Cl2N3O. The smallest absolute Gasteiger partial charge is 0.138 e. The predicted molar refractivity (Wildman–Crippen MR) is 75.4 cm³/mol. The fourth-order valence-corrected chi connectivity index (χ4v) is 2.38. The van der Waals surface area contributed by atoms with Crippen LogP contribution in [-0.4, -0.2) is 21.6 Å². The van der Waals surface area contributed by atoms with Gasteiger partial charge in [0.15, 0.2) is 0 Å². The van der Waals surface area contributed by atoms with Crippen LogP contribution in [0.25, 0.3) is 16.6 Å². The van der Waals surface area contributed by atoms with Crippen molar-refractivity contribution in [2.45, 2.75) is 0 Å². The van der Waals surface area contributed by atoms with Gasteiger partial charge in [-0.1, -0.05) is 23.2 Å². The summed E-state index contributed by atoms with van der Waals surface area (Å²) < 4.78 is 7.10. The molecule has 19 heavy (non-hydrogen) atoms. The summed E-state index contributed by atoms with van der Waals surface area (Å²) in [5, 5.41) is 1.79. The molecule has 0 radical (unpaired) electrons. The molecular weight excluding hydrogens is 285 g/mol. The Morgan fingerprint density at radius 3 is 2.74 bits per heavy atom. The van der Waals surface area contributed by atoms with Crippen LogP contribution in [0.2, 0.25) is 10.2 Å².